The van der Waals surface area contributed by atoms with Crippen molar-refractivity contribution in [2.24, 2.45) is 5.41 Å². The van der Waals surface area contributed by atoms with Gasteiger partial charge in [-0.2, -0.15) is 0 Å². The first-order valence-electron chi connectivity index (χ1n) is 12.3. The standard InChI is InChI=1S/C25H38N4O2/c30-23-11-10-22(24(31)29-23)28-20-9-6-8-19(16-20)26-14-4-2-1-3-5-15-27-21-17-25(18-21)12-7-13-25/h6,8-9,16,21-22,26-28H,1-5,7,10-15,17-18H2,(H,29,30,31). The largest absolute Gasteiger partial charge is 0.385 e. The smallest absolute Gasteiger partial charge is 0.249 e. The molecule has 1 spiro atoms. The van der Waals surface area contributed by atoms with Gasteiger partial charge in [0.1, 0.15) is 6.04 Å². The van der Waals surface area contributed by atoms with Crippen LogP contribution in [0.5, 0.6) is 0 Å². The molecule has 170 valence electrons. The summed E-state index contributed by atoms with van der Waals surface area (Å²) in [5, 5.41) is 12.9. The van der Waals surface area contributed by atoms with Crippen LogP contribution in [0.25, 0.3) is 0 Å². The highest BCUT2D eigenvalue weighted by Crippen LogP contribution is 2.55. The Labute approximate surface area is 186 Å². The summed E-state index contributed by atoms with van der Waals surface area (Å²) in [4.78, 5) is 23.2. The van der Waals surface area contributed by atoms with Crippen molar-refractivity contribution in [3.05, 3.63) is 24.3 Å². The van der Waals surface area contributed by atoms with Gasteiger partial charge in [0.15, 0.2) is 0 Å². The number of hydrogen-bond acceptors (Lipinski definition) is 5. The highest BCUT2D eigenvalue weighted by molar-refractivity contribution is 6.01. The number of nitrogens with one attached hydrogen (secondary N) is 4. The maximum absolute atomic E-state index is 11.9. The van der Waals surface area contributed by atoms with E-state index in [1.165, 1.54) is 70.8 Å². The van der Waals surface area contributed by atoms with Crippen LogP contribution in [0.1, 0.15) is 77.0 Å². The third-order valence-corrected chi connectivity index (χ3v) is 7.33. The Balaban J connectivity index is 1.02. The minimum atomic E-state index is -0.342. The molecule has 0 aromatic heterocycles. The summed E-state index contributed by atoms with van der Waals surface area (Å²) in [6.45, 7) is 2.15. The molecule has 2 aliphatic carbocycles. The van der Waals surface area contributed by atoms with Crippen LogP contribution in [0.3, 0.4) is 0 Å². The van der Waals surface area contributed by atoms with Crippen molar-refractivity contribution in [3.8, 4) is 0 Å². The van der Waals surface area contributed by atoms with Crippen molar-refractivity contribution < 1.29 is 9.59 Å². The molecule has 6 heteroatoms. The van der Waals surface area contributed by atoms with Crippen molar-refractivity contribution in [3.63, 3.8) is 0 Å². The first-order chi connectivity index (χ1) is 15.1. The van der Waals surface area contributed by atoms with E-state index in [1.807, 2.05) is 18.2 Å². The predicted octanol–water partition coefficient (Wildman–Crippen LogP) is 4.19. The Bertz CT molecular complexity index is 754. The summed E-state index contributed by atoms with van der Waals surface area (Å²) in [5.41, 5.74) is 2.75. The van der Waals surface area contributed by atoms with Gasteiger partial charge in [-0.05, 0) is 75.1 Å². The lowest BCUT2D eigenvalue weighted by atomic mass is 9.54. The van der Waals surface area contributed by atoms with Gasteiger partial charge in [0.05, 0.1) is 0 Å². The molecule has 1 heterocycles. The summed E-state index contributed by atoms with van der Waals surface area (Å²) < 4.78 is 0. The normalized spacial score (nSPS) is 22.5. The third-order valence-electron chi connectivity index (χ3n) is 7.33. The zero-order valence-electron chi connectivity index (χ0n) is 18.7. The van der Waals surface area contributed by atoms with E-state index in [4.69, 9.17) is 0 Å². The van der Waals surface area contributed by atoms with Crippen LogP contribution in [0.15, 0.2) is 24.3 Å². The summed E-state index contributed by atoms with van der Waals surface area (Å²) in [5.74, 6) is -0.422. The molecule has 1 aliphatic heterocycles. The Morgan fingerprint density at radius 1 is 0.968 bits per heavy atom. The summed E-state index contributed by atoms with van der Waals surface area (Å²) in [6.07, 6.45) is 14.6. The molecule has 1 unspecified atom stereocenters. The van der Waals surface area contributed by atoms with Crippen molar-refractivity contribution in [2.45, 2.75) is 89.1 Å². The SMILES string of the molecule is O=C1CCC(Nc2cccc(NCCCCCCCNC3CC4(CCC4)C3)c2)C(=O)N1. The third kappa shape index (κ3) is 6.22. The van der Waals surface area contributed by atoms with Gasteiger partial charge in [-0.15, -0.1) is 0 Å². The second-order valence-electron chi connectivity index (χ2n) is 9.84. The van der Waals surface area contributed by atoms with E-state index in [1.54, 1.807) is 0 Å². The van der Waals surface area contributed by atoms with Crippen LogP contribution in [0.2, 0.25) is 0 Å². The number of amides is 2. The van der Waals surface area contributed by atoms with E-state index in [2.05, 4.69) is 27.3 Å². The van der Waals surface area contributed by atoms with Crippen LogP contribution in [-0.4, -0.2) is 37.0 Å². The number of benzene rings is 1. The van der Waals surface area contributed by atoms with Gasteiger partial charge >= 0.3 is 0 Å². The second-order valence-corrected chi connectivity index (χ2v) is 9.84. The number of imide groups is 1. The molecule has 2 amide bonds. The summed E-state index contributed by atoms with van der Waals surface area (Å²) in [6, 6.07) is 8.49. The average molecular weight is 427 g/mol. The minimum Gasteiger partial charge on any atom is -0.385 e. The molecule has 3 fully saturated rings. The average Bonchev–Trinajstić information content (AvgIpc) is 2.69. The maximum Gasteiger partial charge on any atom is 0.249 e. The lowest BCUT2D eigenvalue weighted by Crippen LogP contribution is -2.52. The number of carbonyl (C=O) groups is 2. The number of hydrogen-bond donors (Lipinski definition) is 4. The van der Waals surface area contributed by atoms with E-state index >= 15 is 0 Å². The molecule has 0 bridgehead atoms. The highest BCUT2D eigenvalue weighted by atomic mass is 16.2. The van der Waals surface area contributed by atoms with E-state index in [0.717, 1.165) is 29.4 Å². The van der Waals surface area contributed by atoms with Crippen LogP contribution < -0.4 is 21.3 Å². The predicted molar refractivity (Wildman–Crippen MR) is 125 cm³/mol. The molecule has 1 saturated heterocycles. The molecular formula is C25H38N4O2. The zero-order valence-corrected chi connectivity index (χ0v) is 18.7. The fourth-order valence-electron chi connectivity index (χ4n) is 5.29. The Morgan fingerprint density at radius 3 is 2.45 bits per heavy atom. The monoisotopic (exact) mass is 426 g/mol. The lowest BCUT2D eigenvalue weighted by Gasteiger charge is -2.54. The van der Waals surface area contributed by atoms with Gasteiger partial charge in [-0.1, -0.05) is 31.7 Å². The molecule has 1 atom stereocenters. The summed E-state index contributed by atoms with van der Waals surface area (Å²) in [7, 11) is 0. The molecular weight excluding hydrogens is 388 g/mol. The maximum atomic E-state index is 11.9. The van der Waals surface area contributed by atoms with E-state index in [-0.39, 0.29) is 17.9 Å². The first-order valence-corrected chi connectivity index (χ1v) is 12.3. The van der Waals surface area contributed by atoms with Crippen molar-refractivity contribution in [1.82, 2.24) is 10.6 Å². The number of piperidine rings is 1. The van der Waals surface area contributed by atoms with Crippen molar-refractivity contribution in [2.75, 3.05) is 23.7 Å². The molecule has 3 aliphatic rings. The number of rotatable bonds is 12. The zero-order chi connectivity index (χ0) is 21.5. The van der Waals surface area contributed by atoms with E-state index < -0.39 is 0 Å². The number of unbranched alkanes of at least 4 members (excludes halogenated alkanes) is 4. The quantitative estimate of drug-likeness (QED) is 0.298. The second kappa shape index (κ2) is 10.5. The molecule has 4 N–H and O–H groups in total. The Morgan fingerprint density at radius 2 is 1.71 bits per heavy atom. The van der Waals surface area contributed by atoms with Crippen molar-refractivity contribution in [1.29, 1.82) is 0 Å². The topological polar surface area (TPSA) is 82.3 Å². The van der Waals surface area contributed by atoms with Gasteiger partial charge in [-0.25, -0.2) is 0 Å². The van der Waals surface area contributed by atoms with Gasteiger partial charge < -0.3 is 16.0 Å². The fraction of sp³-hybridized carbons (Fsp3) is 0.680. The number of carbonyl (C=O) groups excluding carboxylic acids is 2. The molecule has 0 radical (unpaired) electrons. The van der Waals surface area contributed by atoms with E-state index in [9.17, 15) is 9.59 Å². The molecule has 1 aromatic rings. The number of anilines is 2. The Kier molecular flexibility index (Phi) is 7.49. The molecule has 1 aromatic carbocycles. The molecule has 31 heavy (non-hydrogen) atoms. The van der Waals surface area contributed by atoms with Crippen LogP contribution in [0, 0.1) is 5.41 Å². The Hall–Kier alpha value is -2.08. The fourth-order valence-corrected chi connectivity index (χ4v) is 5.29. The molecule has 2 saturated carbocycles. The van der Waals surface area contributed by atoms with Crippen molar-refractivity contribution >= 4 is 23.2 Å². The molecule has 6 nitrogen and oxygen atoms in total. The van der Waals surface area contributed by atoms with Gasteiger partial charge in [0.2, 0.25) is 11.8 Å². The summed E-state index contributed by atoms with van der Waals surface area (Å²) >= 11 is 0. The van der Waals surface area contributed by atoms with Gasteiger partial charge in [0, 0.05) is 30.4 Å². The first kappa shape index (κ1) is 22.1. The lowest BCUT2D eigenvalue weighted by molar-refractivity contribution is -0.133. The van der Waals surface area contributed by atoms with Crippen LogP contribution >= 0.6 is 0 Å². The van der Waals surface area contributed by atoms with Gasteiger partial charge in [-0.3, -0.25) is 14.9 Å². The van der Waals surface area contributed by atoms with Crippen LogP contribution in [-0.2, 0) is 9.59 Å². The van der Waals surface area contributed by atoms with Crippen LogP contribution in [0.4, 0.5) is 11.4 Å². The van der Waals surface area contributed by atoms with E-state index in [0.29, 0.717) is 12.8 Å². The minimum absolute atomic E-state index is 0.185. The van der Waals surface area contributed by atoms with Gasteiger partial charge in [0.25, 0.3) is 0 Å². The highest BCUT2D eigenvalue weighted by Gasteiger charge is 2.47. The molecule has 4 rings (SSSR count).